The molecule has 1 saturated heterocycles. The summed E-state index contributed by atoms with van der Waals surface area (Å²) in [7, 11) is 0. The minimum atomic E-state index is 0.355. The third-order valence-electron chi connectivity index (χ3n) is 4.22. The van der Waals surface area contributed by atoms with Crippen LogP contribution in [0.4, 0.5) is 0 Å². The highest BCUT2D eigenvalue weighted by atomic mass is 15.2. The van der Waals surface area contributed by atoms with E-state index >= 15 is 0 Å². The second-order valence-corrected chi connectivity index (χ2v) is 5.29. The van der Waals surface area contributed by atoms with Crippen molar-refractivity contribution in [3.63, 3.8) is 0 Å². The van der Waals surface area contributed by atoms with Gasteiger partial charge in [-0.25, -0.2) is 9.97 Å². The molecule has 4 nitrogen and oxygen atoms in total. The van der Waals surface area contributed by atoms with Crippen LogP contribution in [0.2, 0.25) is 0 Å². The number of nitrogens with zero attached hydrogens (tertiary/aromatic N) is 3. The predicted octanol–water partition coefficient (Wildman–Crippen LogP) is 1.24. The van der Waals surface area contributed by atoms with E-state index in [-0.39, 0.29) is 0 Å². The van der Waals surface area contributed by atoms with E-state index in [4.69, 9.17) is 9.97 Å². The van der Waals surface area contributed by atoms with E-state index in [1.165, 1.54) is 29.8 Å². The molecule has 0 spiro atoms. The molecule has 1 unspecified atom stereocenters. The molecule has 4 heteroatoms. The van der Waals surface area contributed by atoms with E-state index < -0.39 is 0 Å². The maximum absolute atomic E-state index is 4.84. The second kappa shape index (κ2) is 4.94. The summed E-state index contributed by atoms with van der Waals surface area (Å²) in [5, 5.41) is 3.46. The molecule has 1 aromatic rings. The van der Waals surface area contributed by atoms with Crippen molar-refractivity contribution in [2.75, 3.05) is 26.2 Å². The lowest BCUT2D eigenvalue weighted by Gasteiger charge is -2.34. The summed E-state index contributed by atoms with van der Waals surface area (Å²) in [6.45, 7) is 8.59. The van der Waals surface area contributed by atoms with Gasteiger partial charge in [-0.2, -0.15) is 0 Å². The van der Waals surface area contributed by atoms with Gasteiger partial charge < -0.3 is 5.32 Å². The van der Waals surface area contributed by atoms with Gasteiger partial charge in [-0.3, -0.25) is 4.90 Å². The van der Waals surface area contributed by atoms with Crippen LogP contribution in [-0.2, 0) is 12.8 Å². The molecule has 1 N–H and O–H groups in total. The highest BCUT2D eigenvalue weighted by Crippen LogP contribution is 2.26. The first-order valence-electron chi connectivity index (χ1n) is 7.10. The van der Waals surface area contributed by atoms with Crippen LogP contribution in [0.3, 0.4) is 0 Å². The Balaban J connectivity index is 1.93. The van der Waals surface area contributed by atoms with Crippen LogP contribution in [0.25, 0.3) is 0 Å². The van der Waals surface area contributed by atoms with Gasteiger partial charge in [-0.1, -0.05) is 6.92 Å². The van der Waals surface area contributed by atoms with Gasteiger partial charge >= 0.3 is 0 Å². The van der Waals surface area contributed by atoms with E-state index in [9.17, 15) is 0 Å². The molecule has 1 atom stereocenters. The molecule has 0 radical (unpaired) electrons. The lowest BCUT2D eigenvalue weighted by molar-refractivity contribution is 0.163. The second-order valence-electron chi connectivity index (χ2n) is 5.29. The molecule has 0 bridgehead atoms. The minimum absolute atomic E-state index is 0.355. The molecule has 2 heterocycles. The Labute approximate surface area is 109 Å². The normalized spacial score (nSPS) is 24.2. The average molecular weight is 246 g/mol. The Kier molecular flexibility index (Phi) is 3.31. The Morgan fingerprint density at radius 1 is 1.33 bits per heavy atom. The number of likely N-dealkylation sites (N-methyl/N-ethyl adjacent to an activating group) is 1. The maximum atomic E-state index is 4.84. The number of hydrogen-bond acceptors (Lipinski definition) is 4. The fourth-order valence-corrected chi connectivity index (χ4v) is 3.17. The predicted molar refractivity (Wildman–Crippen MR) is 71.7 cm³/mol. The number of aromatic nitrogens is 2. The number of fused-ring (bicyclic) bond motifs is 1. The largest absolute Gasteiger partial charge is 0.313 e. The van der Waals surface area contributed by atoms with Crippen molar-refractivity contribution in [1.82, 2.24) is 20.2 Å². The topological polar surface area (TPSA) is 41.0 Å². The van der Waals surface area contributed by atoms with Crippen LogP contribution < -0.4 is 5.32 Å². The zero-order valence-corrected chi connectivity index (χ0v) is 11.4. The van der Waals surface area contributed by atoms with Crippen molar-refractivity contribution >= 4 is 0 Å². The van der Waals surface area contributed by atoms with E-state index in [1.807, 2.05) is 0 Å². The van der Waals surface area contributed by atoms with Gasteiger partial charge in [0.2, 0.25) is 0 Å². The van der Waals surface area contributed by atoms with Gasteiger partial charge in [0.15, 0.2) is 0 Å². The monoisotopic (exact) mass is 246 g/mol. The zero-order valence-electron chi connectivity index (χ0n) is 11.4. The molecule has 2 aliphatic rings. The van der Waals surface area contributed by atoms with Crippen LogP contribution >= 0.6 is 0 Å². The third-order valence-corrected chi connectivity index (χ3v) is 4.22. The molecule has 18 heavy (non-hydrogen) atoms. The van der Waals surface area contributed by atoms with E-state index in [1.54, 1.807) is 0 Å². The SMILES string of the molecule is CCN1CCNCC1c1nc(C)c2c(n1)CCC2. The average Bonchev–Trinajstić information content (AvgIpc) is 2.87. The number of rotatable bonds is 2. The van der Waals surface area contributed by atoms with Crippen LogP contribution in [0, 0.1) is 6.92 Å². The minimum Gasteiger partial charge on any atom is -0.313 e. The summed E-state index contributed by atoms with van der Waals surface area (Å²) in [5.41, 5.74) is 3.92. The Morgan fingerprint density at radius 3 is 3.06 bits per heavy atom. The number of aryl methyl sites for hydroxylation is 2. The van der Waals surface area contributed by atoms with Gasteiger partial charge in [0, 0.05) is 31.0 Å². The summed E-state index contributed by atoms with van der Waals surface area (Å²) < 4.78 is 0. The number of nitrogens with one attached hydrogen (secondary N) is 1. The van der Waals surface area contributed by atoms with Crippen LogP contribution in [0.5, 0.6) is 0 Å². The summed E-state index contributed by atoms with van der Waals surface area (Å²) in [4.78, 5) is 12.1. The molecule has 1 fully saturated rings. The van der Waals surface area contributed by atoms with Gasteiger partial charge in [0.25, 0.3) is 0 Å². The lowest BCUT2D eigenvalue weighted by Crippen LogP contribution is -2.46. The molecule has 3 rings (SSSR count). The van der Waals surface area contributed by atoms with Gasteiger partial charge in [0.05, 0.1) is 6.04 Å². The van der Waals surface area contributed by atoms with Crippen molar-refractivity contribution in [3.8, 4) is 0 Å². The fourth-order valence-electron chi connectivity index (χ4n) is 3.17. The quantitative estimate of drug-likeness (QED) is 0.852. The lowest BCUT2D eigenvalue weighted by atomic mass is 10.1. The van der Waals surface area contributed by atoms with Crippen molar-refractivity contribution in [2.45, 2.75) is 39.2 Å². The first-order chi connectivity index (χ1) is 8.79. The Bertz CT molecular complexity index is 444. The van der Waals surface area contributed by atoms with Crippen LogP contribution in [-0.4, -0.2) is 41.0 Å². The molecule has 0 amide bonds. The first kappa shape index (κ1) is 12.1. The maximum Gasteiger partial charge on any atom is 0.147 e. The number of piperazine rings is 1. The van der Waals surface area contributed by atoms with E-state index in [2.05, 4.69) is 24.1 Å². The highest BCUT2D eigenvalue weighted by molar-refractivity contribution is 5.30. The first-order valence-corrected chi connectivity index (χ1v) is 7.10. The Morgan fingerprint density at radius 2 is 2.22 bits per heavy atom. The van der Waals surface area contributed by atoms with Gasteiger partial charge in [0.1, 0.15) is 5.82 Å². The van der Waals surface area contributed by atoms with E-state index in [0.717, 1.165) is 38.4 Å². The molecular weight excluding hydrogens is 224 g/mol. The highest BCUT2D eigenvalue weighted by Gasteiger charge is 2.27. The van der Waals surface area contributed by atoms with Crippen molar-refractivity contribution in [3.05, 3.63) is 22.8 Å². The molecule has 0 saturated carbocycles. The van der Waals surface area contributed by atoms with Crippen molar-refractivity contribution < 1.29 is 0 Å². The van der Waals surface area contributed by atoms with Crippen molar-refractivity contribution in [2.24, 2.45) is 0 Å². The van der Waals surface area contributed by atoms with E-state index in [0.29, 0.717) is 6.04 Å². The molecular formula is C14H22N4. The zero-order chi connectivity index (χ0) is 12.5. The summed E-state index contributed by atoms with van der Waals surface area (Å²) in [5.74, 6) is 1.03. The molecule has 1 aromatic heterocycles. The van der Waals surface area contributed by atoms with Gasteiger partial charge in [-0.15, -0.1) is 0 Å². The smallest absolute Gasteiger partial charge is 0.147 e. The third kappa shape index (κ3) is 2.04. The van der Waals surface area contributed by atoms with Crippen LogP contribution in [0.15, 0.2) is 0 Å². The summed E-state index contributed by atoms with van der Waals surface area (Å²) in [6.07, 6.45) is 3.55. The fraction of sp³-hybridized carbons (Fsp3) is 0.714. The molecule has 1 aliphatic heterocycles. The molecule has 1 aliphatic carbocycles. The molecule has 98 valence electrons. The standard InChI is InChI=1S/C14H22N4/c1-3-18-8-7-15-9-13(18)14-16-10(2)11-5-4-6-12(11)17-14/h13,15H,3-9H2,1-2H3. The number of hydrogen-bond donors (Lipinski definition) is 1. The van der Waals surface area contributed by atoms with Crippen molar-refractivity contribution in [1.29, 1.82) is 0 Å². The summed E-state index contributed by atoms with van der Waals surface area (Å²) in [6, 6.07) is 0.355. The Hall–Kier alpha value is -1.00. The van der Waals surface area contributed by atoms with Crippen LogP contribution in [0.1, 0.15) is 42.2 Å². The van der Waals surface area contributed by atoms with Gasteiger partial charge in [-0.05, 0) is 38.3 Å². The summed E-state index contributed by atoms with van der Waals surface area (Å²) >= 11 is 0. The molecule has 0 aromatic carbocycles.